The van der Waals surface area contributed by atoms with Gasteiger partial charge in [0.25, 0.3) is 0 Å². The summed E-state index contributed by atoms with van der Waals surface area (Å²) >= 11 is 0. The molecule has 1 unspecified atom stereocenters. The van der Waals surface area contributed by atoms with Crippen molar-refractivity contribution in [2.45, 2.75) is 105 Å². The van der Waals surface area contributed by atoms with Gasteiger partial charge >= 0.3 is 5.97 Å². The van der Waals surface area contributed by atoms with Gasteiger partial charge in [-0.3, -0.25) is 4.79 Å². The van der Waals surface area contributed by atoms with Crippen LogP contribution in [-0.2, 0) is 9.53 Å². The summed E-state index contributed by atoms with van der Waals surface area (Å²) in [5.74, 6) is 1.54. The normalized spacial score (nSPS) is 46.9. The number of allylic oxidation sites excluding steroid dienone is 3. The number of hydrogen-bond donors (Lipinski definition) is 1. The average molecular weight is 453 g/mol. The number of rotatable bonds is 3. The Morgan fingerprint density at radius 2 is 2.00 bits per heavy atom. The first-order valence-corrected chi connectivity index (χ1v) is 13.5. The maximum absolute atomic E-state index is 14.0. The molecule has 3 nitrogen and oxygen atoms in total. The zero-order valence-corrected chi connectivity index (χ0v) is 21.5. The zero-order chi connectivity index (χ0) is 23.8. The number of esters is 1. The molecule has 1 N–H and O–H groups in total. The molecular formula is C30H44O3. The van der Waals surface area contributed by atoms with Crippen LogP contribution < -0.4 is 0 Å². The van der Waals surface area contributed by atoms with E-state index in [1.807, 2.05) is 13.0 Å². The number of aliphatic hydroxyl groups excluding tert-OH is 1. The van der Waals surface area contributed by atoms with Gasteiger partial charge in [0, 0.05) is 5.92 Å². The number of carbonyl (C=O) groups excluding carboxylic acids is 1. The summed E-state index contributed by atoms with van der Waals surface area (Å²) < 4.78 is 6.37. The highest BCUT2D eigenvalue weighted by Crippen LogP contribution is 2.70. The Labute approximate surface area is 200 Å². The summed E-state index contributed by atoms with van der Waals surface area (Å²) in [5, 5.41) is 10.4. The molecule has 2 bridgehead atoms. The van der Waals surface area contributed by atoms with Crippen molar-refractivity contribution >= 4 is 5.97 Å². The fourth-order valence-electron chi connectivity index (χ4n) is 8.96. The molecule has 0 amide bonds. The topological polar surface area (TPSA) is 46.5 Å². The maximum atomic E-state index is 14.0. The van der Waals surface area contributed by atoms with Gasteiger partial charge in [0.1, 0.15) is 6.10 Å². The standard InChI is InChI=1S/C30H44O3/c1-18(2)22-15-23(31)19(3)14-24(22)33-27(32)29(6)12-7-11-28(5)25(29)10-13-30-16-20(4)21(17-30)8-9-26(28)30/h9,14,18,21-25,31H,4,7-8,10-13,15-17H2,1-3,5-6H3/t21?,22-,23+,24+,25+,28-,29-,30-/m1/s1. The smallest absolute Gasteiger partial charge is 0.312 e. The van der Waals surface area contributed by atoms with Crippen LogP contribution in [0.3, 0.4) is 0 Å². The Balaban J connectivity index is 1.43. The van der Waals surface area contributed by atoms with E-state index >= 15 is 0 Å². The molecule has 3 saturated carbocycles. The van der Waals surface area contributed by atoms with Crippen molar-refractivity contribution in [2.75, 3.05) is 0 Å². The van der Waals surface area contributed by atoms with E-state index in [2.05, 4.69) is 40.3 Å². The van der Waals surface area contributed by atoms with Crippen LogP contribution in [0.4, 0.5) is 0 Å². The van der Waals surface area contributed by atoms with Crippen molar-refractivity contribution in [3.8, 4) is 0 Å². The number of ether oxygens (including phenoxy) is 1. The third-order valence-corrected chi connectivity index (χ3v) is 10.9. The minimum Gasteiger partial charge on any atom is -0.457 e. The third kappa shape index (κ3) is 3.43. The highest BCUT2D eigenvalue weighted by atomic mass is 16.5. The quantitative estimate of drug-likeness (QED) is 0.380. The van der Waals surface area contributed by atoms with Crippen LogP contribution in [0.15, 0.2) is 35.5 Å². The lowest BCUT2D eigenvalue weighted by atomic mass is 9.44. The van der Waals surface area contributed by atoms with E-state index < -0.39 is 11.5 Å². The van der Waals surface area contributed by atoms with Crippen molar-refractivity contribution in [1.29, 1.82) is 0 Å². The van der Waals surface area contributed by atoms with E-state index in [0.717, 1.165) is 37.7 Å². The highest BCUT2D eigenvalue weighted by molar-refractivity contribution is 5.78. The summed E-state index contributed by atoms with van der Waals surface area (Å²) in [6.45, 7) is 15.4. The molecule has 0 heterocycles. The molecule has 0 aromatic heterocycles. The SMILES string of the molecule is C=C1C[C@@]23CC[C@@H]4[C@](C)(C(=O)O[C@H]5C=C(C)[C@@H](O)C[C@@H]5C(C)C)CCC[C@@]4(C)C2=CCC1C3. The first-order chi connectivity index (χ1) is 15.5. The Morgan fingerprint density at radius 3 is 2.73 bits per heavy atom. The van der Waals surface area contributed by atoms with E-state index in [9.17, 15) is 9.90 Å². The fraction of sp³-hybridized carbons (Fsp3) is 0.767. The molecule has 3 heteroatoms. The summed E-state index contributed by atoms with van der Waals surface area (Å²) in [6.07, 6.45) is 13.7. The maximum Gasteiger partial charge on any atom is 0.312 e. The van der Waals surface area contributed by atoms with Crippen LogP contribution in [0, 0.1) is 39.9 Å². The lowest BCUT2D eigenvalue weighted by Gasteiger charge is -2.60. The van der Waals surface area contributed by atoms with E-state index in [0.29, 0.717) is 29.6 Å². The number of fused-ring (bicyclic) bond motifs is 3. The molecule has 182 valence electrons. The van der Waals surface area contributed by atoms with E-state index in [-0.39, 0.29) is 23.4 Å². The first-order valence-electron chi connectivity index (χ1n) is 13.5. The van der Waals surface area contributed by atoms with Gasteiger partial charge < -0.3 is 9.84 Å². The molecule has 0 radical (unpaired) electrons. The molecule has 5 aliphatic carbocycles. The lowest BCUT2D eigenvalue weighted by Crippen LogP contribution is -2.55. The molecule has 3 fully saturated rings. The Morgan fingerprint density at radius 1 is 1.24 bits per heavy atom. The van der Waals surface area contributed by atoms with Crippen LogP contribution in [0.1, 0.15) is 92.4 Å². The third-order valence-electron chi connectivity index (χ3n) is 10.9. The number of carbonyl (C=O) groups is 1. The molecule has 5 aliphatic rings. The second kappa shape index (κ2) is 7.83. The van der Waals surface area contributed by atoms with Gasteiger partial charge in [-0.05, 0) is 105 Å². The lowest BCUT2D eigenvalue weighted by molar-refractivity contribution is -0.175. The van der Waals surface area contributed by atoms with Gasteiger partial charge in [0.2, 0.25) is 0 Å². The zero-order valence-electron chi connectivity index (χ0n) is 21.5. The fourth-order valence-corrected chi connectivity index (χ4v) is 8.96. The largest absolute Gasteiger partial charge is 0.457 e. The summed E-state index contributed by atoms with van der Waals surface area (Å²) in [6, 6.07) is 0. The van der Waals surface area contributed by atoms with Crippen LogP contribution in [-0.4, -0.2) is 23.3 Å². The average Bonchev–Trinajstić information content (AvgIpc) is 2.98. The molecule has 0 aromatic rings. The Hall–Kier alpha value is -1.35. The molecule has 5 rings (SSSR count). The molecule has 8 atom stereocenters. The van der Waals surface area contributed by atoms with Crippen LogP contribution in [0.2, 0.25) is 0 Å². The second-order valence-electron chi connectivity index (χ2n) is 13.1. The molecule has 0 aliphatic heterocycles. The molecule has 0 saturated heterocycles. The van der Waals surface area contributed by atoms with E-state index in [1.165, 1.54) is 24.8 Å². The van der Waals surface area contributed by atoms with Crippen molar-refractivity contribution in [3.05, 3.63) is 35.5 Å². The molecule has 0 aromatic carbocycles. The molecular weight excluding hydrogens is 408 g/mol. The van der Waals surface area contributed by atoms with Gasteiger partial charge in [-0.1, -0.05) is 51.0 Å². The summed E-state index contributed by atoms with van der Waals surface area (Å²) in [7, 11) is 0. The highest BCUT2D eigenvalue weighted by Gasteiger charge is 2.63. The minimum absolute atomic E-state index is 0.00409. The van der Waals surface area contributed by atoms with Gasteiger partial charge in [0.05, 0.1) is 11.5 Å². The number of hydrogen-bond acceptors (Lipinski definition) is 3. The summed E-state index contributed by atoms with van der Waals surface area (Å²) in [5.41, 5.74) is 4.02. The van der Waals surface area contributed by atoms with Gasteiger partial charge in [-0.15, -0.1) is 0 Å². The first kappa shape index (κ1) is 23.4. The van der Waals surface area contributed by atoms with Crippen LogP contribution in [0.25, 0.3) is 0 Å². The Bertz CT molecular complexity index is 912. The van der Waals surface area contributed by atoms with Crippen molar-refractivity contribution in [3.63, 3.8) is 0 Å². The summed E-state index contributed by atoms with van der Waals surface area (Å²) in [4.78, 5) is 14.0. The van der Waals surface area contributed by atoms with E-state index in [4.69, 9.17) is 4.74 Å². The second-order valence-corrected chi connectivity index (χ2v) is 13.1. The molecule has 33 heavy (non-hydrogen) atoms. The van der Waals surface area contributed by atoms with Crippen molar-refractivity contribution in [1.82, 2.24) is 0 Å². The minimum atomic E-state index is -0.443. The predicted octanol–water partition coefficient (Wildman–Crippen LogP) is 6.77. The van der Waals surface area contributed by atoms with Gasteiger partial charge in [-0.2, -0.15) is 0 Å². The monoisotopic (exact) mass is 452 g/mol. The molecule has 1 spiro atoms. The van der Waals surface area contributed by atoms with Crippen LogP contribution in [0.5, 0.6) is 0 Å². The van der Waals surface area contributed by atoms with Crippen LogP contribution >= 0.6 is 0 Å². The van der Waals surface area contributed by atoms with E-state index in [1.54, 1.807) is 5.57 Å². The predicted molar refractivity (Wildman–Crippen MR) is 132 cm³/mol. The van der Waals surface area contributed by atoms with Crippen molar-refractivity contribution in [2.24, 2.45) is 39.9 Å². The van der Waals surface area contributed by atoms with Gasteiger partial charge in [0.15, 0.2) is 0 Å². The van der Waals surface area contributed by atoms with Gasteiger partial charge in [-0.25, -0.2) is 0 Å². The Kier molecular flexibility index (Phi) is 5.55. The van der Waals surface area contributed by atoms with Crippen molar-refractivity contribution < 1.29 is 14.6 Å². The number of aliphatic hydroxyl groups is 1.